The average molecular weight is 541 g/mol. The Balaban J connectivity index is 1.60. The molecule has 0 spiro atoms. The molecular weight excluding hydrogens is 472 g/mol. The van der Waals surface area contributed by atoms with Crippen LogP contribution in [-0.4, -0.2) is 11.2 Å². The first-order chi connectivity index (χ1) is 18.2. The van der Waals surface area contributed by atoms with Gasteiger partial charge in [-0.2, -0.15) is 0 Å². The highest BCUT2D eigenvalue weighted by Gasteiger charge is 2.73. The number of aliphatic hydroxyl groups excluding tert-OH is 1. The van der Waals surface area contributed by atoms with E-state index in [0.29, 0.717) is 40.9 Å². The van der Waals surface area contributed by atoms with E-state index in [1.54, 1.807) is 0 Å². The van der Waals surface area contributed by atoms with Gasteiger partial charge in [0.15, 0.2) is 0 Å². The van der Waals surface area contributed by atoms with Crippen LogP contribution in [0.3, 0.4) is 0 Å². The molecule has 0 radical (unpaired) electrons. The van der Waals surface area contributed by atoms with Crippen molar-refractivity contribution < 1.29 is 5.11 Å². The minimum Gasteiger partial charge on any atom is -0.392 e. The Morgan fingerprint density at radius 1 is 0.795 bits per heavy atom. The second-order valence-electron chi connectivity index (χ2n) is 17.7. The van der Waals surface area contributed by atoms with E-state index >= 15 is 0 Å². The third-order valence-corrected chi connectivity index (χ3v) is 16.6. The molecule has 1 nitrogen and oxygen atoms in total. The maximum atomic E-state index is 12.6. The minimum atomic E-state index is -0.120. The van der Waals surface area contributed by atoms with Crippen LogP contribution in [0, 0.1) is 93.2 Å². The van der Waals surface area contributed by atoms with E-state index in [4.69, 9.17) is 0 Å². The van der Waals surface area contributed by atoms with Crippen molar-refractivity contribution in [2.24, 2.45) is 93.2 Å². The van der Waals surface area contributed by atoms with Crippen LogP contribution in [0.15, 0.2) is 0 Å². The average Bonchev–Trinajstić information content (AvgIpc) is 2.88. The Morgan fingerprint density at radius 2 is 1.41 bits per heavy atom. The first-order valence-electron chi connectivity index (χ1n) is 17.9. The number of rotatable bonds is 4. The summed E-state index contributed by atoms with van der Waals surface area (Å²) in [6, 6.07) is 0. The minimum absolute atomic E-state index is 0.120. The molecule has 5 aliphatic carbocycles. The van der Waals surface area contributed by atoms with Gasteiger partial charge in [0.25, 0.3) is 0 Å². The molecule has 0 aromatic carbocycles. The molecule has 0 bridgehead atoms. The van der Waals surface area contributed by atoms with Gasteiger partial charge in [-0.15, -0.1) is 0 Å². The Bertz CT molecular complexity index is 855. The lowest BCUT2D eigenvalue weighted by Crippen LogP contribution is -2.73. The number of fused-ring (bicyclic) bond motifs is 3. The summed E-state index contributed by atoms with van der Waals surface area (Å²) in [5.74, 6) is 9.28. The Morgan fingerprint density at radius 3 is 2.00 bits per heavy atom. The number of hydrogen-bond donors (Lipinski definition) is 1. The van der Waals surface area contributed by atoms with Crippen LogP contribution in [0.5, 0.6) is 0 Å². The first kappa shape index (κ1) is 30.4. The normalized spacial score (nSPS) is 57.9. The largest absolute Gasteiger partial charge is 0.392 e. The zero-order valence-electron chi connectivity index (χ0n) is 28.1. The van der Waals surface area contributed by atoms with Crippen LogP contribution in [0.1, 0.15) is 140 Å². The molecule has 0 aromatic heterocycles. The third kappa shape index (κ3) is 4.21. The molecule has 5 rings (SSSR count). The number of aliphatic hydroxyl groups is 1. The monoisotopic (exact) mass is 541 g/mol. The van der Waals surface area contributed by atoms with Gasteiger partial charge in [-0.05, 0) is 112 Å². The van der Waals surface area contributed by atoms with Crippen molar-refractivity contribution in [3.8, 4) is 0 Å². The van der Waals surface area contributed by atoms with Crippen LogP contribution >= 0.6 is 0 Å². The van der Waals surface area contributed by atoms with Crippen molar-refractivity contribution >= 4 is 0 Å². The lowest BCUT2D eigenvalue weighted by atomic mass is 9.28. The van der Waals surface area contributed by atoms with Gasteiger partial charge in [-0.25, -0.2) is 0 Å². The second kappa shape index (κ2) is 10.6. The van der Waals surface area contributed by atoms with Crippen LogP contribution in [-0.2, 0) is 0 Å². The zero-order chi connectivity index (χ0) is 28.7. The van der Waals surface area contributed by atoms with Gasteiger partial charge in [0.1, 0.15) is 0 Å². The summed E-state index contributed by atoms with van der Waals surface area (Å²) in [6.07, 6.45) is 14.0. The molecule has 5 aliphatic rings. The topological polar surface area (TPSA) is 20.2 Å². The Hall–Kier alpha value is -0.0400. The summed E-state index contributed by atoms with van der Waals surface area (Å²) in [5, 5.41) is 12.6. The molecule has 0 heterocycles. The maximum absolute atomic E-state index is 12.6. The smallest absolute Gasteiger partial charge is 0.0610 e. The van der Waals surface area contributed by atoms with Crippen LogP contribution in [0.4, 0.5) is 0 Å². The van der Waals surface area contributed by atoms with E-state index in [2.05, 4.69) is 76.2 Å². The molecule has 14 atom stereocenters. The summed E-state index contributed by atoms with van der Waals surface area (Å²) >= 11 is 0. The molecule has 226 valence electrons. The summed E-state index contributed by atoms with van der Waals surface area (Å²) in [6.45, 7) is 28.6. The maximum Gasteiger partial charge on any atom is 0.0610 e. The predicted octanol–water partition coefficient (Wildman–Crippen LogP) is 10.5. The van der Waals surface area contributed by atoms with Crippen molar-refractivity contribution in [3.05, 3.63) is 0 Å². The van der Waals surface area contributed by atoms with Gasteiger partial charge in [0, 0.05) is 0 Å². The molecular formula is C38H68O. The molecule has 5 fully saturated rings. The number of hydrogen-bond acceptors (Lipinski definition) is 1. The van der Waals surface area contributed by atoms with Gasteiger partial charge in [-0.3, -0.25) is 0 Å². The molecule has 1 heteroatoms. The van der Waals surface area contributed by atoms with Crippen molar-refractivity contribution in [1.29, 1.82) is 0 Å². The predicted molar refractivity (Wildman–Crippen MR) is 167 cm³/mol. The van der Waals surface area contributed by atoms with Gasteiger partial charge in [-0.1, -0.05) is 121 Å². The van der Waals surface area contributed by atoms with Crippen LogP contribution in [0.25, 0.3) is 0 Å². The molecule has 0 aliphatic heterocycles. The fraction of sp³-hybridized carbons (Fsp3) is 1.00. The van der Waals surface area contributed by atoms with E-state index in [9.17, 15) is 5.11 Å². The fourth-order valence-electron chi connectivity index (χ4n) is 14.3. The summed E-state index contributed by atoms with van der Waals surface area (Å²) in [7, 11) is 0. The van der Waals surface area contributed by atoms with E-state index in [1.807, 2.05) is 0 Å². The molecule has 0 saturated heterocycles. The van der Waals surface area contributed by atoms with E-state index < -0.39 is 0 Å². The molecule has 0 aromatic rings. The van der Waals surface area contributed by atoms with Crippen molar-refractivity contribution in [1.82, 2.24) is 0 Å². The lowest BCUT2D eigenvalue weighted by Gasteiger charge is -2.76. The summed E-state index contributed by atoms with van der Waals surface area (Å²) < 4.78 is 0. The molecule has 1 N–H and O–H groups in total. The highest BCUT2D eigenvalue weighted by atomic mass is 16.3. The van der Waals surface area contributed by atoms with E-state index in [0.717, 1.165) is 41.4 Å². The first-order valence-corrected chi connectivity index (χ1v) is 17.9. The third-order valence-electron chi connectivity index (χ3n) is 16.6. The highest BCUT2D eigenvalue weighted by Crippen LogP contribution is 2.77. The van der Waals surface area contributed by atoms with Crippen LogP contribution < -0.4 is 0 Å². The zero-order valence-corrected chi connectivity index (χ0v) is 28.1. The molecule has 5 saturated carbocycles. The molecule has 14 unspecified atom stereocenters. The van der Waals surface area contributed by atoms with Crippen LogP contribution in [0.2, 0.25) is 0 Å². The second-order valence-corrected chi connectivity index (χ2v) is 17.7. The SMILES string of the molecule is CCC1CCC(CC2C3CCCC(C)C3C(O)C3C(C)C4(C)C(C)C(C(C)C)C(C)CC4(C)C(C)C23C)CC1. The van der Waals surface area contributed by atoms with Gasteiger partial charge < -0.3 is 5.11 Å². The lowest BCUT2D eigenvalue weighted by molar-refractivity contribution is -0.304. The Labute approximate surface area is 244 Å². The summed E-state index contributed by atoms with van der Waals surface area (Å²) in [4.78, 5) is 0. The quantitative estimate of drug-likeness (QED) is 0.376. The van der Waals surface area contributed by atoms with Crippen molar-refractivity contribution in [2.75, 3.05) is 0 Å². The fourth-order valence-corrected chi connectivity index (χ4v) is 14.3. The Kier molecular flexibility index (Phi) is 8.26. The highest BCUT2D eigenvalue weighted by molar-refractivity contribution is 5.21. The van der Waals surface area contributed by atoms with Gasteiger partial charge >= 0.3 is 0 Å². The van der Waals surface area contributed by atoms with Gasteiger partial charge in [0.2, 0.25) is 0 Å². The van der Waals surface area contributed by atoms with Gasteiger partial charge in [0.05, 0.1) is 6.10 Å². The molecule has 0 amide bonds. The van der Waals surface area contributed by atoms with E-state index in [-0.39, 0.29) is 16.9 Å². The summed E-state index contributed by atoms with van der Waals surface area (Å²) in [5.41, 5.74) is 0.831. The molecule has 39 heavy (non-hydrogen) atoms. The van der Waals surface area contributed by atoms with E-state index in [1.165, 1.54) is 64.2 Å². The van der Waals surface area contributed by atoms with Crippen molar-refractivity contribution in [2.45, 2.75) is 146 Å². The van der Waals surface area contributed by atoms with Crippen molar-refractivity contribution in [3.63, 3.8) is 0 Å². The standard InChI is InChI=1S/C38H68O/c1-12-28-16-18-29(19-17-28)20-31-30-15-13-14-23(4)33(30)35(39)34-26(7)38(11)25(6)32(22(2)3)24(5)21-36(38,9)27(8)37(31,34)10/h22-35,39H,12-21H2,1-11H3.